The van der Waals surface area contributed by atoms with Gasteiger partial charge >= 0.3 is 0 Å². The summed E-state index contributed by atoms with van der Waals surface area (Å²) in [6.45, 7) is 2.00. The van der Waals surface area contributed by atoms with E-state index in [0.717, 1.165) is 37.1 Å². The average molecular weight is 453 g/mol. The third-order valence-electron chi connectivity index (χ3n) is 6.30. The van der Waals surface area contributed by atoms with E-state index in [9.17, 15) is 8.42 Å². The highest BCUT2D eigenvalue weighted by molar-refractivity contribution is 7.90. The molecule has 2 aromatic carbocycles. The van der Waals surface area contributed by atoms with Gasteiger partial charge in [-0.3, -0.25) is 4.90 Å². The summed E-state index contributed by atoms with van der Waals surface area (Å²) < 4.78 is 29.9. The zero-order valence-corrected chi connectivity index (χ0v) is 18.3. The maximum Gasteiger partial charge on any atom is 0.175 e. The second-order valence-electron chi connectivity index (χ2n) is 8.20. The number of nitrogens with one attached hydrogen (secondary N) is 1. The molecular weight excluding hydrogens is 431 g/mol. The Morgan fingerprint density at radius 2 is 1.93 bits per heavy atom. The zero-order chi connectivity index (χ0) is 20.3. The van der Waals surface area contributed by atoms with Gasteiger partial charge in [0.1, 0.15) is 11.9 Å². The van der Waals surface area contributed by atoms with Gasteiger partial charge in [0.25, 0.3) is 0 Å². The van der Waals surface area contributed by atoms with Gasteiger partial charge in [0, 0.05) is 47.0 Å². The largest absolute Gasteiger partial charge is 0.484 e. The summed E-state index contributed by atoms with van der Waals surface area (Å²) in [7, 11) is -3.24. The van der Waals surface area contributed by atoms with Crippen LogP contribution in [0.5, 0.6) is 5.75 Å². The van der Waals surface area contributed by atoms with Crippen LogP contribution in [-0.4, -0.2) is 50.8 Å². The third kappa shape index (κ3) is 3.55. The number of rotatable bonds is 4. The van der Waals surface area contributed by atoms with Gasteiger partial charge in [-0.15, -0.1) is 0 Å². The van der Waals surface area contributed by atoms with Crippen molar-refractivity contribution < 1.29 is 13.2 Å². The predicted molar refractivity (Wildman–Crippen MR) is 114 cm³/mol. The highest BCUT2D eigenvalue weighted by atomic mass is 35.5. The number of hydrogen-bond acceptors (Lipinski definition) is 5. The van der Waals surface area contributed by atoms with Crippen molar-refractivity contribution >= 4 is 33.0 Å². The minimum Gasteiger partial charge on any atom is -0.484 e. The number of fused-ring (bicyclic) bond motifs is 3. The molecule has 3 aliphatic rings. The first kappa shape index (κ1) is 19.6. The van der Waals surface area contributed by atoms with Crippen LogP contribution in [0.25, 0.3) is 0 Å². The Bertz CT molecular complexity index is 1060. The van der Waals surface area contributed by atoms with E-state index in [1.54, 1.807) is 30.3 Å². The molecule has 154 valence electrons. The normalized spacial score (nSPS) is 28.7. The minimum absolute atomic E-state index is 0.174. The average Bonchev–Trinajstić information content (AvgIpc) is 3.36. The van der Waals surface area contributed by atoms with Crippen LogP contribution < -0.4 is 10.1 Å². The molecule has 2 saturated heterocycles. The van der Waals surface area contributed by atoms with Crippen LogP contribution >= 0.6 is 23.2 Å². The number of ether oxygens (including phenoxy) is 1. The van der Waals surface area contributed by atoms with Crippen molar-refractivity contribution in [1.29, 1.82) is 0 Å². The number of hydrogen-bond donors (Lipinski definition) is 1. The lowest BCUT2D eigenvalue weighted by atomic mass is 10.1. The van der Waals surface area contributed by atoms with Crippen molar-refractivity contribution in [3.8, 4) is 5.75 Å². The molecule has 5 nitrogen and oxygen atoms in total. The Hall–Kier alpha value is -1.31. The SMILES string of the molecule is CS(=O)(=O)c1ccc(O[C@@H]2c3cc(Cl)cc(Cl)c3C[C@@H]2N2CC3CC2CN3)cc1. The van der Waals surface area contributed by atoms with E-state index >= 15 is 0 Å². The maximum absolute atomic E-state index is 11.7. The van der Waals surface area contributed by atoms with Crippen LogP contribution in [0.1, 0.15) is 23.7 Å². The van der Waals surface area contributed by atoms with E-state index in [0.29, 0.717) is 27.9 Å². The Balaban J connectivity index is 1.49. The molecule has 2 aliphatic heterocycles. The highest BCUT2D eigenvalue weighted by Crippen LogP contribution is 2.44. The van der Waals surface area contributed by atoms with Crippen molar-refractivity contribution in [1.82, 2.24) is 10.2 Å². The quantitative estimate of drug-likeness (QED) is 0.768. The molecule has 2 aromatic rings. The monoisotopic (exact) mass is 452 g/mol. The fourth-order valence-corrected chi connectivity index (χ4v) is 6.18. The van der Waals surface area contributed by atoms with E-state index in [2.05, 4.69) is 10.2 Å². The summed E-state index contributed by atoms with van der Waals surface area (Å²) in [6.07, 6.45) is 2.98. The number of halogens is 2. The lowest BCUT2D eigenvalue weighted by Gasteiger charge is -2.36. The van der Waals surface area contributed by atoms with E-state index in [4.69, 9.17) is 27.9 Å². The van der Waals surface area contributed by atoms with Crippen LogP contribution in [-0.2, 0) is 16.3 Å². The minimum atomic E-state index is -3.24. The van der Waals surface area contributed by atoms with Crippen molar-refractivity contribution in [2.24, 2.45) is 0 Å². The Kier molecular flexibility index (Phi) is 4.83. The first-order valence-corrected chi connectivity index (χ1v) is 12.4. The molecule has 0 amide bonds. The molecule has 8 heteroatoms. The molecule has 2 bridgehead atoms. The fraction of sp³-hybridized carbons (Fsp3) is 0.429. The smallest absolute Gasteiger partial charge is 0.175 e. The van der Waals surface area contributed by atoms with Crippen molar-refractivity contribution in [2.45, 2.75) is 42.0 Å². The summed E-state index contributed by atoms with van der Waals surface area (Å²) in [5.74, 6) is 0.638. The fourth-order valence-electron chi connectivity index (χ4n) is 4.96. The number of benzene rings is 2. The standard InChI is InChI=1S/C21H22Cl2N2O3S/c1-29(26,27)16-4-2-15(3-5-16)28-21-18-6-12(22)7-19(23)17(18)9-20(21)25-11-13-8-14(25)10-24-13/h2-7,13-14,20-21,24H,8-11H2,1H3/t13?,14?,20-,21+/m0/s1. The van der Waals surface area contributed by atoms with Gasteiger partial charge in [-0.25, -0.2) is 8.42 Å². The third-order valence-corrected chi connectivity index (χ3v) is 7.99. The van der Waals surface area contributed by atoms with Gasteiger partial charge in [-0.05, 0) is 54.8 Å². The summed E-state index contributed by atoms with van der Waals surface area (Å²) in [4.78, 5) is 2.82. The van der Waals surface area contributed by atoms with Crippen LogP contribution in [0.4, 0.5) is 0 Å². The van der Waals surface area contributed by atoms with Crippen LogP contribution in [0.3, 0.4) is 0 Å². The van der Waals surface area contributed by atoms with Gasteiger partial charge in [-0.2, -0.15) is 0 Å². The Morgan fingerprint density at radius 1 is 1.17 bits per heavy atom. The Morgan fingerprint density at radius 3 is 2.55 bits per heavy atom. The molecule has 5 rings (SSSR count). The number of likely N-dealkylation sites (tertiary alicyclic amines) is 1. The topological polar surface area (TPSA) is 58.6 Å². The first-order valence-electron chi connectivity index (χ1n) is 9.73. The molecule has 2 fully saturated rings. The Labute approximate surface area is 180 Å². The first-order chi connectivity index (χ1) is 13.8. The van der Waals surface area contributed by atoms with Gasteiger partial charge in [-0.1, -0.05) is 23.2 Å². The predicted octanol–water partition coefficient (Wildman–Crippen LogP) is 3.49. The van der Waals surface area contributed by atoms with Gasteiger partial charge in [0.2, 0.25) is 0 Å². The molecule has 0 saturated carbocycles. The zero-order valence-electron chi connectivity index (χ0n) is 15.9. The lowest BCUT2D eigenvalue weighted by molar-refractivity contribution is 0.0614. The summed E-state index contributed by atoms with van der Waals surface area (Å²) >= 11 is 12.8. The second kappa shape index (κ2) is 7.13. The molecule has 0 spiro atoms. The van der Waals surface area contributed by atoms with Gasteiger partial charge in [0.15, 0.2) is 9.84 Å². The van der Waals surface area contributed by atoms with Crippen molar-refractivity contribution in [2.75, 3.05) is 19.3 Å². The molecule has 1 N–H and O–H groups in total. The van der Waals surface area contributed by atoms with E-state index < -0.39 is 9.84 Å². The van der Waals surface area contributed by atoms with E-state index in [1.807, 2.05) is 6.07 Å². The summed E-state index contributed by atoms with van der Waals surface area (Å²) in [5, 5.41) is 4.83. The molecule has 2 unspecified atom stereocenters. The van der Waals surface area contributed by atoms with E-state index in [1.165, 1.54) is 6.26 Å². The molecule has 0 aromatic heterocycles. The van der Waals surface area contributed by atoms with Crippen molar-refractivity contribution in [3.05, 3.63) is 57.6 Å². The molecule has 2 heterocycles. The lowest BCUT2D eigenvalue weighted by Crippen LogP contribution is -2.50. The summed E-state index contributed by atoms with van der Waals surface area (Å²) in [5.41, 5.74) is 2.12. The molecule has 29 heavy (non-hydrogen) atoms. The second-order valence-corrected chi connectivity index (χ2v) is 11.1. The van der Waals surface area contributed by atoms with Gasteiger partial charge < -0.3 is 10.1 Å². The number of nitrogens with zero attached hydrogens (tertiary/aromatic N) is 1. The number of piperazine rings is 1. The van der Waals surface area contributed by atoms with Gasteiger partial charge in [0.05, 0.1) is 10.9 Å². The molecule has 0 radical (unpaired) electrons. The van der Waals surface area contributed by atoms with Crippen LogP contribution in [0.15, 0.2) is 41.3 Å². The highest BCUT2D eigenvalue weighted by Gasteiger charge is 2.47. The van der Waals surface area contributed by atoms with Crippen LogP contribution in [0, 0.1) is 0 Å². The molecular formula is C21H22Cl2N2O3S. The van der Waals surface area contributed by atoms with E-state index in [-0.39, 0.29) is 17.0 Å². The van der Waals surface area contributed by atoms with Crippen LogP contribution in [0.2, 0.25) is 10.0 Å². The summed E-state index contributed by atoms with van der Waals surface area (Å²) in [6, 6.07) is 11.6. The molecule has 4 atom stereocenters. The van der Waals surface area contributed by atoms with Crippen molar-refractivity contribution in [3.63, 3.8) is 0 Å². The maximum atomic E-state index is 11.7. The number of sulfone groups is 1. The molecule has 1 aliphatic carbocycles.